The van der Waals surface area contributed by atoms with E-state index in [0.717, 1.165) is 30.9 Å². The number of aliphatic imine (C=N–C) groups is 1. The fourth-order valence-corrected chi connectivity index (χ4v) is 1.76. The van der Waals surface area contributed by atoms with Crippen LogP contribution in [0.5, 0.6) is 11.5 Å². The van der Waals surface area contributed by atoms with Gasteiger partial charge in [-0.1, -0.05) is 30.3 Å². The lowest BCUT2D eigenvalue weighted by atomic mass is 10.2. The molecule has 110 valence electrons. The van der Waals surface area contributed by atoms with Crippen LogP contribution in [0.2, 0.25) is 0 Å². The lowest BCUT2D eigenvalue weighted by Gasteiger charge is -2.06. The summed E-state index contributed by atoms with van der Waals surface area (Å²) in [5, 5.41) is 12.4. The molecule has 0 saturated carbocycles. The second-order valence-corrected chi connectivity index (χ2v) is 4.54. The minimum atomic E-state index is 0.247. The highest BCUT2D eigenvalue weighted by atomic mass is 16.5. The van der Waals surface area contributed by atoms with Gasteiger partial charge in [-0.05, 0) is 29.8 Å². The number of hydrogen-bond acceptors (Lipinski definition) is 4. The van der Waals surface area contributed by atoms with Crippen molar-refractivity contribution in [3.8, 4) is 11.5 Å². The molecule has 0 aliphatic heterocycles. The van der Waals surface area contributed by atoms with Crippen LogP contribution in [0.25, 0.3) is 0 Å². The summed E-state index contributed by atoms with van der Waals surface area (Å²) in [4.78, 5) is 4.35. The fraction of sp³-hybridized carbons (Fsp3) is 0.235. The van der Waals surface area contributed by atoms with Crippen LogP contribution in [0.15, 0.2) is 59.6 Å². The third kappa shape index (κ3) is 6.10. The standard InChI is InChI=1S/C17H20N2O2/c20-16-6-8-17(9-7-16)21-13-12-18-10-11-19-14-15-4-2-1-3-5-15/h1-9,14,18,20H,10-13H2. The lowest BCUT2D eigenvalue weighted by Crippen LogP contribution is -2.23. The summed E-state index contributed by atoms with van der Waals surface area (Å²) in [6.45, 7) is 2.92. The summed E-state index contributed by atoms with van der Waals surface area (Å²) in [5.41, 5.74) is 1.12. The number of rotatable bonds is 8. The van der Waals surface area contributed by atoms with Crippen molar-refractivity contribution in [3.05, 3.63) is 60.2 Å². The minimum absolute atomic E-state index is 0.247. The zero-order valence-electron chi connectivity index (χ0n) is 11.9. The molecule has 4 heteroatoms. The van der Waals surface area contributed by atoms with Crippen LogP contribution in [-0.4, -0.2) is 37.6 Å². The van der Waals surface area contributed by atoms with Crippen molar-refractivity contribution in [2.75, 3.05) is 26.2 Å². The maximum Gasteiger partial charge on any atom is 0.119 e. The molecule has 2 N–H and O–H groups in total. The topological polar surface area (TPSA) is 53.9 Å². The smallest absolute Gasteiger partial charge is 0.119 e. The highest BCUT2D eigenvalue weighted by Gasteiger charge is 1.93. The van der Waals surface area contributed by atoms with Gasteiger partial charge < -0.3 is 15.2 Å². The average molecular weight is 284 g/mol. The van der Waals surface area contributed by atoms with E-state index in [-0.39, 0.29) is 5.75 Å². The second kappa shape index (κ2) is 8.76. The van der Waals surface area contributed by atoms with Crippen molar-refractivity contribution < 1.29 is 9.84 Å². The SMILES string of the molecule is Oc1ccc(OCCNCCN=Cc2ccccc2)cc1. The quantitative estimate of drug-likeness (QED) is 0.578. The first-order chi connectivity index (χ1) is 10.3. The molecule has 4 nitrogen and oxygen atoms in total. The second-order valence-electron chi connectivity index (χ2n) is 4.54. The van der Waals surface area contributed by atoms with Crippen LogP contribution in [0.1, 0.15) is 5.56 Å². The summed E-state index contributed by atoms with van der Waals surface area (Å²) in [6, 6.07) is 16.8. The Bertz CT molecular complexity index is 538. The number of nitrogens with one attached hydrogen (secondary N) is 1. The molecule has 0 radical (unpaired) electrons. The van der Waals surface area contributed by atoms with E-state index in [1.807, 2.05) is 36.5 Å². The van der Waals surface area contributed by atoms with E-state index in [1.54, 1.807) is 24.3 Å². The van der Waals surface area contributed by atoms with Crippen LogP contribution < -0.4 is 10.1 Å². The highest BCUT2D eigenvalue weighted by Crippen LogP contribution is 2.15. The number of hydrogen-bond donors (Lipinski definition) is 2. The van der Waals surface area contributed by atoms with E-state index in [4.69, 9.17) is 9.84 Å². The molecule has 0 spiro atoms. The van der Waals surface area contributed by atoms with Crippen LogP contribution in [-0.2, 0) is 0 Å². The van der Waals surface area contributed by atoms with Crippen LogP contribution in [0, 0.1) is 0 Å². The fourth-order valence-electron chi connectivity index (χ4n) is 1.76. The predicted octanol–water partition coefficient (Wildman–Crippen LogP) is 2.48. The third-order valence-corrected chi connectivity index (χ3v) is 2.84. The molecular formula is C17H20N2O2. The van der Waals surface area contributed by atoms with Crippen molar-refractivity contribution >= 4 is 6.21 Å². The monoisotopic (exact) mass is 284 g/mol. The van der Waals surface area contributed by atoms with Crippen molar-refractivity contribution in [1.29, 1.82) is 0 Å². The molecule has 2 aromatic carbocycles. The number of nitrogens with zero attached hydrogens (tertiary/aromatic N) is 1. The molecule has 0 amide bonds. The molecule has 2 aromatic rings. The average Bonchev–Trinajstić information content (AvgIpc) is 2.53. The van der Waals surface area contributed by atoms with Crippen molar-refractivity contribution in [1.82, 2.24) is 5.32 Å². The number of ether oxygens (including phenoxy) is 1. The van der Waals surface area contributed by atoms with E-state index in [2.05, 4.69) is 10.3 Å². The first kappa shape index (κ1) is 15.1. The van der Waals surface area contributed by atoms with E-state index in [1.165, 1.54) is 0 Å². The van der Waals surface area contributed by atoms with Crippen LogP contribution in [0.3, 0.4) is 0 Å². The van der Waals surface area contributed by atoms with E-state index in [9.17, 15) is 0 Å². The Morgan fingerprint density at radius 3 is 2.52 bits per heavy atom. The molecule has 0 fully saturated rings. The number of phenols is 1. The predicted molar refractivity (Wildman–Crippen MR) is 85.4 cm³/mol. The van der Waals surface area contributed by atoms with Crippen LogP contribution >= 0.6 is 0 Å². The maximum atomic E-state index is 9.15. The van der Waals surface area contributed by atoms with Crippen molar-refractivity contribution in [2.45, 2.75) is 0 Å². The number of benzene rings is 2. The normalized spacial score (nSPS) is 10.9. The molecule has 0 unspecified atom stereocenters. The van der Waals surface area contributed by atoms with Gasteiger partial charge in [-0.15, -0.1) is 0 Å². The van der Waals surface area contributed by atoms with Gasteiger partial charge in [0, 0.05) is 19.3 Å². The summed E-state index contributed by atoms with van der Waals surface area (Å²) in [6.07, 6.45) is 1.88. The van der Waals surface area contributed by atoms with E-state index in [0.29, 0.717) is 6.61 Å². The Morgan fingerprint density at radius 2 is 1.76 bits per heavy atom. The Kier molecular flexibility index (Phi) is 6.29. The molecular weight excluding hydrogens is 264 g/mol. The molecule has 0 aliphatic rings. The van der Waals surface area contributed by atoms with Gasteiger partial charge in [0.2, 0.25) is 0 Å². The maximum absolute atomic E-state index is 9.15. The summed E-state index contributed by atoms with van der Waals surface area (Å²) >= 11 is 0. The van der Waals surface area contributed by atoms with Gasteiger partial charge >= 0.3 is 0 Å². The molecule has 0 aliphatic carbocycles. The van der Waals surface area contributed by atoms with Gasteiger partial charge in [0.15, 0.2) is 0 Å². The van der Waals surface area contributed by atoms with Gasteiger partial charge in [0.1, 0.15) is 18.1 Å². The van der Waals surface area contributed by atoms with E-state index < -0.39 is 0 Å². The third-order valence-electron chi connectivity index (χ3n) is 2.84. The van der Waals surface area contributed by atoms with Gasteiger partial charge in [-0.2, -0.15) is 0 Å². The zero-order valence-corrected chi connectivity index (χ0v) is 11.9. The van der Waals surface area contributed by atoms with Gasteiger partial charge in [0.05, 0.1) is 6.54 Å². The molecule has 2 rings (SSSR count). The summed E-state index contributed by atoms with van der Waals surface area (Å²) in [5.74, 6) is 1.01. The van der Waals surface area contributed by atoms with E-state index >= 15 is 0 Å². The Morgan fingerprint density at radius 1 is 1.00 bits per heavy atom. The lowest BCUT2D eigenvalue weighted by molar-refractivity contribution is 0.314. The Labute approximate surface area is 125 Å². The van der Waals surface area contributed by atoms with Gasteiger partial charge in [-0.25, -0.2) is 0 Å². The number of phenolic OH excluding ortho intramolecular Hbond substituents is 1. The Balaban J connectivity index is 1.52. The molecule has 0 heterocycles. The van der Waals surface area contributed by atoms with Crippen LogP contribution in [0.4, 0.5) is 0 Å². The molecule has 0 bridgehead atoms. The first-order valence-corrected chi connectivity index (χ1v) is 7.02. The first-order valence-electron chi connectivity index (χ1n) is 7.02. The Hall–Kier alpha value is -2.33. The summed E-state index contributed by atoms with van der Waals surface area (Å²) < 4.78 is 5.52. The number of aromatic hydroxyl groups is 1. The molecule has 21 heavy (non-hydrogen) atoms. The van der Waals surface area contributed by atoms with Crippen molar-refractivity contribution in [3.63, 3.8) is 0 Å². The van der Waals surface area contributed by atoms with Gasteiger partial charge in [0.25, 0.3) is 0 Å². The van der Waals surface area contributed by atoms with Gasteiger partial charge in [-0.3, -0.25) is 4.99 Å². The summed E-state index contributed by atoms with van der Waals surface area (Å²) in [7, 11) is 0. The molecule has 0 saturated heterocycles. The zero-order chi connectivity index (χ0) is 14.8. The molecule has 0 atom stereocenters. The largest absolute Gasteiger partial charge is 0.508 e. The minimum Gasteiger partial charge on any atom is -0.508 e. The molecule has 0 aromatic heterocycles. The van der Waals surface area contributed by atoms with Crippen molar-refractivity contribution in [2.24, 2.45) is 4.99 Å². The highest BCUT2D eigenvalue weighted by molar-refractivity contribution is 5.79.